The van der Waals surface area contributed by atoms with Crippen LogP contribution in [-0.2, 0) is 0 Å². The fourth-order valence-corrected chi connectivity index (χ4v) is 4.23. The average Bonchev–Trinajstić information content (AvgIpc) is 3.25. The van der Waals surface area contributed by atoms with Crippen LogP contribution < -0.4 is 5.32 Å². The highest BCUT2D eigenvalue weighted by Gasteiger charge is 2.50. The Morgan fingerprint density at radius 3 is 2.46 bits per heavy atom. The predicted molar refractivity (Wildman–Crippen MR) is 95.6 cm³/mol. The van der Waals surface area contributed by atoms with E-state index in [0.29, 0.717) is 30.0 Å². The number of hydrogen-bond acceptors (Lipinski definition) is 5. The van der Waals surface area contributed by atoms with Gasteiger partial charge in [0.15, 0.2) is 11.6 Å². The number of carbonyl (C=O) groups excluding carboxylic acids is 1. The van der Waals surface area contributed by atoms with Crippen LogP contribution in [0.4, 0.5) is 0 Å². The number of carbonyl (C=O) groups is 1. The summed E-state index contributed by atoms with van der Waals surface area (Å²) in [5.74, 6) is -0.292. The first-order valence-electron chi connectivity index (χ1n) is 8.51. The second-order valence-corrected chi connectivity index (χ2v) is 6.55. The predicted octanol–water partition coefficient (Wildman–Crippen LogP) is 2.74. The van der Waals surface area contributed by atoms with E-state index in [4.69, 9.17) is 0 Å². The molecule has 2 aromatic rings. The van der Waals surface area contributed by atoms with Crippen LogP contribution in [0.1, 0.15) is 27.4 Å². The quantitative estimate of drug-likeness (QED) is 0.669. The van der Waals surface area contributed by atoms with E-state index in [1.54, 1.807) is 6.07 Å². The smallest absolute Gasteiger partial charge is 0.298 e. The van der Waals surface area contributed by atoms with Crippen LogP contribution in [0.5, 0.6) is 0 Å². The van der Waals surface area contributed by atoms with Gasteiger partial charge in [0, 0.05) is 29.8 Å². The maximum atomic E-state index is 13.2. The molecule has 0 amide bonds. The van der Waals surface area contributed by atoms with E-state index in [1.165, 1.54) is 0 Å². The lowest BCUT2D eigenvalue weighted by Crippen LogP contribution is -2.32. The number of nitro groups is 1. The Balaban J connectivity index is 1.83. The van der Waals surface area contributed by atoms with Crippen LogP contribution in [0.25, 0.3) is 5.70 Å². The third-order valence-electron chi connectivity index (χ3n) is 5.23. The maximum Gasteiger partial charge on any atom is 0.298 e. The number of hydrogen-bond donors (Lipinski definition) is 1. The largest absolute Gasteiger partial charge is 0.364 e. The Labute approximate surface area is 149 Å². The molecule has 6 nitrogen and oxygen atoms in total. The average molecular weight is 345 g/mol. The molecule has 1 N–H and O–H groups in total. The minimum atomic E-state index is -0.682. The van der Waals surface area contributed by atoms with E-state index in [9.17, 15) is 14.9 Å². The van der Waals surface area contributed by atoms with Crippen molar-refractivity contribution in [3.8, 4) is 0 Å². The van der Waals surface area contributed by atoms with E-state index >= 15 is 0 Å². The normalized spacial score (nSPS) is 20.7. The molecule has 2 aliphatic heterocycles. The standard InChI is InChI=1S/C20H15N3O3/c24-19-14-9-5-4-8-13(14)17-16(19)15(12-6-2-1-3-7-12)18(23(25)26)20-21-10-11-22(17)20/h1-9,15,21H,10-11H2. The molecule has 1 aliphatic carbocycles. The summed E-state index contributed by atoms with van der Waals surface area (Å²) in [6.45, 7) is 1.22. The van der Waals surface area contributed by atoms with Crippen molar-refractivity contribution in [2.45, 2.75) is 5.92 Å². The summed E-state index contributed by atoms with van der Waals surface area (Å²) in [5.41, 5.74) is 3.61. The first kappa shape index (κ1) is 14.9. The van der Waals surface area contributed by atoms with Crippen LogP contribution in [0.2, 0.25) is 0 Å². The van der Waals surface area contributed by atoms with Gasteiger partial charge in [0.1, 0.15) is 5.92 Å². The summed E-state index contributed by atoms with van der Waals surface area (Å²) in [7, 11) is 0. The number of rotatable bonds is 2. The lowest BCUT2D eigenvalue weighted by atomic mass is 9.84. The first-order chi connectivity index (χ1) is 12.7. The third kappa shape index (κ3) is 1.84. The molecule has 1 unspecified atom stereocenters. The molecule has 0 aromatic heterocycles. The van der Waals surface area contributed by atoms with Gasteiger partial charge in [-0.25, -0.2) is 0 Å². The fourth-order valence-electron chi connectivity index (χ4n) is 4.23. The SMILES string of the molecule is O=C1C2=C(c3ccccc31)N1CCNC1=C([N+](=O)[O-])C2c1ccccc1. The number of fused-ring (bicyclic) bond motifs is 4. The molecule has 6 heteroatoms. The van der Waals surface area contributed by atoms with Gasteiger partial charge < -0.3 is 10.2 Å². The van der Waals surface area contributed by atoms with Crippen molar-refractivity contribution in [2.24, 2.45) is 0 Å². The molecule has 0 radical (unpaired) electrons. The number of nitrogens with zero attached hydrogens (tertiary/aromatic N) is 2. The van der Waals surface area contributed by atoms with Crippen LogP contribution in [0.3, 0.4) is 0 Å². The summed E-state index contributed by atoms with van der Waals surface area (Å²) >= 11 is 0. The lowest BCUT2D eigenvalue weighted by molar-refractivity contribution is -0.431. The minimum Gasteiger partial charge on any atom is -0.364 e. The highest BCUT2D eigenvalue weighted by atomic mass is 16.6. The molecule has 5 rings (SSSR count). The second-order valence-electron chi connectivity index (χ2n) is 6.55. The number of allylic oxidation sites excluding steroid dienone is 1. The van der Waals surface area contributed by atoms with E-state index in [1.807, 2.05) is 53.4 Å². The van der Waals surface area contributed by atoms with Crippen molar-refractivity contribution < 1.29 is 9.72 Å². The molecule has 26 heavy (non-hydrogen) atoms. The lowest BCUT2D eigenvalue weighted by Gasteiger charge is -2.30. The number of Topliss-reactive ketones (excluding diaryl/α,β-unsaturated/α-hetero) is 1. The monoisotopic (exact) mass is 345 g/mol. The van der Waals surface area contributed by atoms with Gasteiger partial charge in [-0.1, -0.05) is 54.6 Å². The molecule has 2 aromatic carbocycles. The van der Waals surface area contributed by atoms with Gasteiger partial charge in [-0.2, -0.15) is 0 Å². The summed E-state index contributed by atoms with van der Waals surface area (Å²) in [6, 6.07) is 16.7. The maximum absolute atomic E-state index is 13.2. The van der Waals surface area contributed by atoms with E-state index in [-0.39, 0.29) is 16.4 Å². The van der Waals surface area contributed by atoms with Crippen molar-refractivity contribution in [1.29, 1.82) is 0 Å². The van der Waals surface area contributed by atoms with Crippen molar-refractivity contribution in [1.82, 2.24) is 10.2 Å². The summed E-state index contributed by atoms with van der Waals surface area (Å²) in [6.07, 6.45) is 0. The molecule has 0 bridgehead atoms. The molecular weight excluding hydrogens is 330 g/mol. The Hall–Kier alpha value is -3.41. The first-order valence-corrected chi connectivity index (χ1v) is 8.51. The molecule has 1 fully saturated rings. The summed E-state index contributed by atoms with van der Waals surface area (Å²) < 4.78 is 0. The molecule has 128 valence electrons. The minimum absolute atomic E-state index is 0.0496. The highest BCUT2D eigenvalue weighted by Crippen LogP contribution is 2.50. The fraction of sp³-hybridized carbons (Fsp3) is 0.150. The molecular formula is C20H15N3O3. The number of benzene rings is 2. The summed E-state index contributed by atoms with van der Waals surface area (Å²) in [4.78, 5) is 26.8. The Bertz CT molecular complexity index is 1020. The molecule has 2 heterocycles. The zero-order valence-corrected chi connectivity index (χ0v) is 13.8. The van der Waals surface area contributed by atoms with Crippen molar-refractivity contribution in [3.05, 3.63) is 98.5 Å². The van der Waals surface area contributed by atoms with Gasteiger partial charge in [0.25, 0.3) is 5.70 Å². The number of ketones is 1. The van der Waals surface area contributed by atoms with Crippen LogP contribution >= 0.6 is 0 Å². The molecule has 1 atom stereocenters. The molecule has 0 saturated carbocycles. The molecule has 0 spiro atoms. The Kier molecular flexibility index (Phi) is 3.03. The van der Waals surface area contributed by atoms with Gasteiger partial charge in [-0.05, 0) is 5.56 Å². The second kappa shape index (κ2) is 5.29. The molecule has 3 aliphatic rings. The van der Waals surface area contributed by atoms with E-state index < -0.39 is 5.92 Å². The Morgan fingerprint density at radius 1 is 1.04 bits per heavy atom. The van der Waals surface area contributed by atoms with Crippen LogP contribution in [-0.4, -0.2) is 28.7 Å². The van der Waals surface area contributed by atoms with Crippen LogP contribution in [0.15, 0.2) is 71.7 Å². The zero-order valence-electron chi connectivity index (χ0n) is 13.8. The van der Waals surface area contributed by atoms with Gasteiger partial charge in [-0.15, -0.1) is 0 Å². The van der Waals surface area contributed by atoms with Crippen molar-refractivity contribution in [2.75, 3.05) is 13.1 Å². The van der Waals surface area contributed by atoms with Gasteiger partial charge >= 0.3 is 0 Å². The zero-order chi connectivity index (χ0) is 17.8. The highest BCUT2D eigenvalue weighted by molar-refractivity contribution is 6.22. The van der Waals surface area contributed by atoms with Crippen molar-refractivity contribution >= 4 is 11.5 Å². The van der Waals surface area contributed by atoms with Gasteiger partial charge in [0.2, 0.25) is 0 Å². The van der Waals surface area contributed by atoms with E-state index in [0.717, 1.165) is 16.8 Å². The Morgan fingerprint density at radius 2 is 1.73 bits per heavy atom. The van der Waals surface area contributed by atoms with Crippen molar-refractivity contribution in [3.63, 3.8) is 0 Å². The molecule has 1 saturated heterocycles. The van der Waals surface area contributed by atoms with E-state index in [2.05, 4.69) is 5.32 Å². The number of nitrogens with one attached hydrogen (secondary N) is 1. The summed E-state index contributed by atoms with van der Waals surface area (Å²) in [5, 5.41) is 15.2. The van der Waals surface area contributed by atoms with Crippen LogP contribution in [0, 0.1) is 10.1 Å². The topological polar surface area (TPSA) is 75.5 Å². The third-order valence-corrected chi connectivity index (χ3v) is 5.23. The van der Waals surface area contributed by atoms with Gasteiger partial charge in [0.05, 0.1) is 10.6 Å². The van der Waals surface area contributed by atoms with Gasteiger partial charge in [-0.3, -0.25) is 14.9 Å².